The molecule has 132 valence electrons. The molecule has 1 atom stereocenters. The van der Waals surface area contributed by atoms with Crippen molar-refractivity contribution >= 4 is 28.3 Å². The lowest BCUT2D eigenvalue weighted by molar-refractivity contribution is -0.141. The van der Waals surface area contributed by atoms with Crippen molar-refractivity contribution in [2.45, 2.75) is 19.0 Å². The first-order valence-electron chi connectivity index (χ1n) is 8.25. The predicted molar refractivity (Wildman–Crippen MR) is 99.7 cm³/mol. The number of benzene rings is 2. The average molecular weight is 349 g/mol. The molecule has 0 fully saturated rings. The molecule has 0 spiro atoms. The smallest absolute Gasteiger partial charge is 0.321 e. The van der Waals surface area contributed by atoms with Crippen molar-refractivity contribution in [1.82, 2.24) is 10.3 Å². The summed E-state index contributed by atoms with van der Waals surface area (Å²) in [4.78, 5) is 27.7. The molecule has 0 bridgehead atoms. The highest BCUT2D eigenvalue weighted by Crippen LogP contribution is 2.19. The van der Waals surface area contributed by atoms with Crippen molar-refractivity contribution in [1.29, 1.82) is 0 Å². The number of amides is 1. The highest BCUT2D eigenvalue weighted by molar-refractivity contribution is 5.96. The molecule has 0 aliphatic carbocycles. The van der Waals surface area contributed by atoms with Gasteiger partial charge in [-0.2, -0.15) is 0 Å². The third kappa shape index (κ3) is 4.64. The number of pyridine rings is 1. The van der Waals surface area contributed by atoms with Gasteiger partial charge in [-0.25, -0.2) is 0 Å². The largest absolute Gasteiger partial charge is 0.480 e. The Kier molecular flexibility index (Phi) is 5.56. The van der Waals surface area contributed by atoms with E-state index in [0.29, 0.717) is 12.2 Å². The summed E-state index contributed by atoms with van der Waals surface area (Å²) < 4.78 is 0. The molecule has 3 N–H and O–H groups in total. The first kappa shape index (κ1) is 17.6. The third-order valence-electron chi connectivity index (χ3n) is 4.00. The van der Waals surface area contributed by atoms with Crippen LogP contribution in [-0.4, -0.2) is 28.0 Å². The lowest BCUT2D eigenvalue weighted by Gasteiger charge is -2.14. The Balaban J connectivity index is 1.60. The van der Waals surface area contributed by atoms with Crippen LogP contribution in [0.5, 0.6) is 0 Å². The van der Waals surface area contributed by atoms with Crippen molar-refractivity contribution in [2.24, 2.45) is 0 Å². The zero-order valence-electron chi connectivity index (χ0n) is 14.1. The second-order valence-corrected chi connectivity index (χ2v) is 5.95. The van der Waals surface area contributed by atoms with Gasteiger partial charge in [-0.3, -0.25) is 19.9 Å². The van der Waals surface area contributed by atoms with Crippen LogP contribution in [0.1, 0.15) is 12.0 Å². The van der Waals surface area contributed by atoms with Crippen molar-refractivity contribution in [2.75, 3.05) is 5.32 Å². The summed E-state index contributed by atoms with van der Waals surface area (Å²) in [6, 6.07) is 16.1. The van der Waals surface area contributed by atoms with Gasteiger partial charge in [-0.1, -0.05) is 36.4 Å². The number of aliphatic carboxylic acids is 1. The molecular weight excluding hydrogens is 330 g/mol. The molecule has 0 aliphatic heterocycles. The van der Waals surface area contributed by atoms with Gasteiger partial charge >= 0.3 is 5.97 Å². The maximum atomic E-state index is 12.2. The number of hydrogen-bond acceptors (Lipinski definition) is 4. The number of rotatable bonds is 7. The molecule has 1 heterocycles. The fourth-order valence-corrected chi connectivity index (χ4v) is 2.66. The Morgan fingerprint density at radius 3 is 2.58 bits per heavy atom. The number of nitrogens with one attached hydrogen (secondary N) is 2. The Morgan fingerprint density at radius 2 is 1.85 bits per heavy atom. The van der Waals surface area contributed by atoms with Gasteiger partial charge in [0.25, 0.3) is 0 Å². The molecule has 6 heteroatoms. The van der Waals surface area contributed by atoms with Crippen molar-refractivity contribution < 1.29 is 14.7 Å². The summed E-state index contributed by atoms with van der Waals surface area (Å²) in [5, 5.41) is 17.1. The normalized spacial score (nSPS) is 11.8. The minimum absolute atomic E-state index is 0.164. The summed E-state index contributed by atoms with van der Waals surface area (Å²) in [6.07, 6.45) is 3.14. The summed E-state index contributed by atoms with van der Waals surface area (Å²) in [7, 11) is 0. The van der Waals surface area contributed by atoms with E-state index < -0.39 is 12.0 Å². The molecule has 0 radical (unpaired) electrons. The van der Waals surface area contributed by atoms with E-state index in [-0.39, 0.29) is 12.3 Å². The van der Waals surface area contributed by atoms with Gasteiger partial charge in [0, 0.05) is 24.6 Å². The minimum atomic E-state index is -1.07. The van der Waals surface area contributed by atoms with E-state index in [1.807, 2.05) is 42.5 Å². The number of aromatic nitrogens is 1. The van der Waals surface area contributed by atoms with Crippen LogP contribution >= 0.6 is 0 Å². The standard InChI is InChI=1S/C20H19N3O3/c24-19(23-17-8-7-15-5-1-2-6-16(15)10-17)11-18(20(25)26)22-13-14-4-3-9-21-12-14/h1-10,12,18,22H,11,13H2,(H,23,24)(H,25,26). The molecule has 0 saturated carbocycles. The van der Waals surface area contributed by atoms with Crippen LogP contribution in [0.2, 0.25) is 0 Å². The highest BCUT2D eigenvalue weighted by Gasteiger charge is 2.20. The molecule has 0 saturated heterocycles. The fraction of sp³-hybridized carbons (Fsp3) is 0.150. The van der Waals surface area contributed by atoms with Gasteiger partial charge < -0.3 is 10.4 Å². The Labute approximate surface area is 150 Å². The molecule has 1 unspecified atom stereocenters. The van der Waals surface area contributed by atoms with Gasteiger partial charge in [-0.05, 0) is 34.5 Å². The van der Waals surface area contributed by atoms with Gasteiger partial charge in [0.2, 0.25) is 5.91 Å². The first-order chi connectivity index (χ1) is 12.6. The zero-order valence-corrected chi connectivity index (χ0v) is 14.1. The molecule has 2 aromatic carbocycles. The van der Waals surface area contributed by atoms with Crippen molar-refractivity contribution in [3.05, 3.63) is 72.6 Å². The topological polar surface area (TPSA) is 91.3 Å². The molecule has 6 nitrogen and oxygen atoms in total. The average Bonchev–Trinajstić information content (AvgIpc) is 2.65. The van der Waals surface area contributed by atoms with Gasteiger partial charge in [0.1, 0.15) is 6.04 Å². The number of carbonyl (C=O) groups is 2. The van der Waals surface area contributed by atoms with Gasteiger partial charge in [0.15, 0.2) is 0 Å². The molecule has 1 aromatic heterocycles. The van der Waals surface area contributed by atoms with Crippen molar-refractivity contribution in [3.8, 4) is 0 Å². The number of anilines is 1. The maximum absolute atomic E-state index is 12.2. The van der Waals surface area contributed by atoms with Crippen LogP contribution in [0.15, 0.2) is 67.0 Å². The van der Waals surface area contributed by atoms with Crippen LogP contribution < -0.4 is 10.6 Å². The summed E-state index contributed by atoms with van der Waals surface area (Å²) in [5.41, 5.74) is 1.50. The first-order valence-corrected chi connectivity index (χ1v) is 8.25. The quantitative estimate of drug-likeness (QED) is 0.610. The van der Waals surface area contributed by atoms with Crippen molar-refractivity contribution in [3.63, 3.8) is 0 Å². The molecule has 3 rings (SSSR count). The third-order valence-corrected chi connectivity index (χ3v) is 4.00. The van der Waals surface area contributed by atoms with E-state index in [1.165, 1.54) is 0 Å². The number of fused-ring (bicyclic) bond motifs is 1. The number of carbonyl (C=O) groups excluding carboxylic acids is 1. The molecule has 1 amide bonds. The monoisotopic (exact) mass is 349 g/mol. The zero-order chi connectivity index (χ0) is 18.4. The lowest BCUT2D eigenvalue weighted by Crippen LogP contribution is -2.39. The van der Waals surface area contributed by atoms with Crippen LogP contribution in [0.25, 0.3) is 10.8 Å². The Hall–Kier alpha value is -3.25. The number of hydrogen-bond donors (Lipinski definition) is 3. The van der Waals surface area contributed by atoms with Gasteiger partial charge in [0.05, 0.1) is 6.42 Å². The summed E-state index contributed by atoms with van der Waals surface area (Å²) in [5.74, 6) is -1.42. The fourth-order valence-electron chi connectivity index (χ4n) is 2.66. The van der Waals surface area contributed by atoms with E-state index in [2.05, 4.69) is 15.6 Å². The minimum Gasteiger partial charge on any atom is -0.480 e. The Bertz CT molecular complexity index is 912. The van der Waals surface area contributed by atoms with E-state index in [9.17, 15) is 14.7 Å². The second kappa shape index (κ2) is 8.22. The lowest BCUT2D eigenvalue weighted by atomic mass is 10.1. The maximum Gasteiger partial charge on any atom is 0.321 e. The molecule has 26 heavy (non-hydrogen) atoms. The Morgan fingerprint density at radius 1 is 1.04 bits per heavy atom. The van der Waals surface area contributed by atoms with E-state index >= 15 is 0 Å². The van der Waals surface area contributed by atoms with Crippen LogP contribution in [0.3, 0.4) is 0 Å². The van der Waals surface area contributed by atoms with Crippen LogP contribution in [0.4, 0.5) is 5.69 Å². The van der Waals surface area contributed by atoms with Crippen LogP contribution in [0, 0.1) is 0 Å². The number of carboxylic acid groups (broad SMARTS) is 1. The number of nitrogens with zero attached hydrogens (tertiary/aromatic N) is 1. The molecule has 0 aliphatic rings. The second-order valence-electron chi connectivity index (χ2n) is 5.95. The van der Waals surface area contributed by atoms with Crippen LogP contribution in [-0.2, 0) is 16.1 Å². The van der Waals surface area contributed by atoms with E-state index in [1.54, 1.807) is 24.5 Å². The summed E-state index contributed by atoms with van der Waals surface area (Å²) in [6.45, 7) is 0.327. The number of carboxylic acids is 1. The predicted octanol–water partition coefficient (Wildman–Crippen LogP) is 2.81. The SMILES string of the molecule is O=C(CC(NCc1cccnc1)C(=O)O)Nc1ccc2ccccc2c1. The van der Waals surface area contributed by atoms with Gasteiger partial charge in [-0.15, -0.1) is 0 Å². The highest BCUT2D eigenvalue weighted by atomic mass is 16.4. The molecule has 3 aromatic rings. The van der Waals surface area contributed by atoms with E-state index in [0.717, 1.165) is 16.3 Å². The molecular formula is C20H19N3O3. The van der Waals surface area contributed by atoms with E-state index in [4.69, 9.17) is 0 Å². The summed E-state index contributed by atoms with van der Waals surface area (Å²) >= 11 is 0.